The molecule has 28 heavy (non-hydrogen) atoms. The highest BCUT2D eigenvalue weighted by molar-refractivity contribution is 5.95. The topological polar surface area (TPSA) is 94.8 Å². The van der Waals surface area contributed by atoms with Crippen LogP contribution in [0, 0.1) is 11.8 Å². The zero-order valence-electron chi connectivity index (χ0n) is 16.3. The largest absolute Gasteiger partial charge is 0.493 e. The maximum absolute atomic E-state index is 12.3. The van der Waals surface area contributed by atoms with Crippen molar-refractivity contribution in [3.63, 3.8) is 0 Å². The number of nitrogens with one attached hydrogen (secondary N) is 1. The van der Waals surface area contributed by atoms with Crippen molar-refractivity contribution in [2.24, 2.45) is 11.8 Å². The van der Waals surface area contributed by atoms with Crippen molar-refractivity contribution in [2.75, 3.05) is 13.7 Å². The summed E-state index contributed by atoms with van der Waals surface area (Å²) < 4.78 is 15.4. The highest BCUT2D eigenvalue weighted by atomic mass is 16.5. The van der Waals surface area contributed by atoms with E-state index in [0.29, 0.717) is 23.0 Å². The third-order valence-electron chi connectivity index (χ3n) is 5.55. The Kier molecular flexibility index (Phi) is 6.02. The van der Waals surface area contributed by atoms with Gasteiger partial charge in [0.1, 0.15) is 5.56 Å². The Balaban J connectivity index is 1.65. The minimum atomic E-state index is -0.890. The number of ether oxygens (including phenoxy) is 2. The fraction of sp³-hybridized carbons (Fsp3) is 0.476. The van der Waals surface area contributed by atoms with E-state index in [9.17, 15) is 14.4 Å². The number of rotatable bonds is 5. The molecule has 150 valence electrons. The van der Waals surface area contributed by atoms with Gasteiger partial charge in [-0.2, -0.15) is 0 Å². The lowest BCUT2D eigenvalue weighted by atomic mass is 9.78. The normalized spacial score (nSPS) is 21.9. The van der Waals surface area contributed by atoms with E-state index in [4.69, 9.17) is 13.9 Å². The van der Waals surface area contributed by atoms with Crippen LogP contribution in [0.3, 0.4) is 0 Å². The second-order valence-electron chi connectivity index (χ2n) is 7.34. The number of fused-ring (bicyclic) bond motifs is 1. The monoisotopic (exact) mass is 387 g/mol. The van der Waals surface area contributed by atoms with Crippen LogP contribution in [-0.2, 0) is 9.53 Å². The van der Waals surface area contributed by atoms with E-state index >= 15 is 0 Å². The fourth-order valence-electron chi connectivity index (χ4n) is 3.66. The molecule has 1 fully saturated rings. The van der Waals surface area contributed by atoms with E-state index in [2.05, 4.69) is 19.2 Å². The predicted molar refractivity (Wildman–Crippen MR) is 103 cm³/mol. The van der Waals surface area contributed by atoms with Crippen molar-refractivity contribution >= 4 is 22.8 Å². The number of carbonyl (C=O) groups is 2. The van der Waals surface area contributed by atoms with Gasteiger partial charge in [-0.1, -0.05) is 38.8 Å². The molecule has 0 saturated heterocycles. The molecule has 1 aliphatic carbocycles. The van der Waals surface area contributed by atoms with Gasteiger partial charge in [0.25, 0.3) is 5.91 Å². The quantitative estimate of drug-likeness (QED) is 0.626. The molecule has 0 aliphatic heterocycles. The Bertz CT molecular complexity index is 934. The van der Waals surface area contributed by atoms with Crippen LogP contribution in [0.1, 0.15) is 43.5 Å². The number of carbonyl (C=O) groups excluding carboxylic acids is 2. The SMILES string of the molecule is COc1cccc2cc(C(=O)OCC(=O)N[C@@H]3CCC[C@H](C)[C@H]3C)c(=O)oc12. The molecule has 1 aromatic heterocycles. The zero-order valence-corrected chi connectivity index (χ0v) is 16.3. The molecule has 0 unspecified atom stereocenters. The highest BCUT2D eigenvalue weighted by Gasteiger charge is 2.28. The van der Waals surface area contributed by atoms with Crippen molar-refractivity contribution in [1.82, 2.24) is 5.32 Å². The van der Waals surface area contributed by atoms with Crippen molar-refractivity contribution in [2.45, 2.75) is 39.2 Å². The molecule has 1 N–H and O–H groups in total. The van der Waals surface area contributed by atoms with Crippen molar-refractivity contribution in [3.8, 4) is 5.75 Å². The van der Waals surface area contributed by atoms with E-state index in [1.807, 2.05) is 0 Å². The molecule has 0 radical (unpaired) electrons. The molecule has 3 rings (SSSR count). The number of hydrogen-bond acceptors (Lipinski definition) is 6. The van der Waals surface area contributed by atoms with E-state index in [1.54, 1.807) is 18.2 Å². The number of hydrogen-bond donors (Lipinski definition) is 1. The van der Waals surface area contributed by atoms with Gasteiger partial charge in [0.2, 0.25) is 0 Å². The smallest absolute Gasteiger partial charge is 0.351 e. The van der Waals surface area contributed by atoms with Gasteiger partial charge in [-0.25, -0.2) is 9.59 Å². The Morgan fingerprint density at radius 2 is 2.04 bits per heavy atom. The zero-order chi connectivity index (χ0) is 20.3. The first-order chi connectivity index (χ1) is 13.4. The second kappa shape index (κ2) is 8.46. The first kappa shape index (κ1) is 19.9. The van der Waals surface area contributed by atoms with Crippen LogP contribution in [0.5, 0.6) is 5.75 Å². The summed E-state index contributed by atoms with van der Waals surface area (Å²) in [6, 6.07) is 6.52. The molecule has 1 heterocycles. The Hall–Kier alpha value is -2.83. The standard InChI is InChI=1S/C21H25NO6/c1-12-6-4-8-16(13(12)2)22-18(23)11-27-20(24)15-10-14-7-5-9-17(26-3)19(14)28-21(15)25/h5,7,9-10,12-13,16H,4,6,8,11H2,1-3H3,(H,22,23)/t12-,13+,16+/m0/s1. The maximum Gasteiger partial charge on any atom is 0.351 e. The molecule has 1 amide bonds. The van der Waals surface area contributed by atoms with Crippen molar-refractivity contribution in [1.29, 1.82) is 0 Å². The Morgan fingerprint density at radius 1 is 1.25 bits per heavy atom. The van der Waals surface area contributed by atoms with Crippen LogP contribution < -0.4 is 15.7 Å². The van der Waals surface area contributed by atoms with Gasteiger partial charge >= 0.3 is 11.6 Å². The lowest BCUT2D eigenvalue weighted by Gasteiger charge is -2.34. The molecular formula is C21H25NO6. The number of methoxy groups -OCH3 is 1. The minimum Gasteiger partial charge on any atom is -0.493 e. The summed E-state index contributed by atoms with van der Waals surface area (Å²) >= 11 is 0. The summed E-state index contributed by atoms with van der Waals surface area (Å²) in [5.41, 5.74) is -0.838. The van der Waals surface area contributed by atoms with Crippen molar-refractivity contribution in [3.05, 3.63) is 40.2 Å². The highest BCUT2D eigenvalue weighted by Crippen LogP contribution is 2.29. The summed E-state index contributed by atoms with van der Waals surface area (Å²) in [5.74, 6) is 0.0475. The lowest BCUT2D eigenvalue weighted by molar-refractivity contribution is -0.125. The average Bonchev–Trinajstić information content (AvgIpc) is 2.68. The van der Waals surface area contributed by atoms with E-state index < -0.39 is 18.2 Å². The van der Waals surface area contributed by atoms with Gasteiger partial charge in [0, 0.05) is 11.4 Å². The third kappa shape index (κ3) is 4.18. The Labute approximate surface area is 163 Å². The molecule has 1 aliphatic rings. The molecule has 3 atom stereocenters. The summed E-state index contributed by atoms with van der Waals surface area (Å²) in [4.78, 5) is 36.6. The molecule has 0 spiro atoms. The molecule has 0 bridgehead atoms. The van der Waals surface area contributed by atoms with Crippen LogP contribution in [0.15, 0.2) is 33.5 Å². The first-order valence-electron chi connectivity index (χ1n) is 9.48. The van der Waals surface area contributed by atoms with E-state index in [0.717, 1.165) is 19.3 Å². The van der Waals surface area contributed by atoms with Crippen LogP contribution in [-0.4, -0.2) is 31.6 Å². The van der Waals surface area contributed by atoms with Crippen LogP contribution >= 0.6 is 0 Å². The number of amides is 1. The summed E-state index contributed by atoms with van der Waals surface area (Å²) in [5, 5.41) is 3.46. The van der Waals surface area contributed by atoms with Gasteiger partial charge in [-0.3, -0.25) is 4.79 Å². The third-order valence-corrected chi connectivity index (χ3v) is 5.55. The summed E-state index contributed by atoms with van der Waals surface area (Å²) in [6.45, 7) is 3.86. The average molecular weight is 387 g/mol. The van der Waals surface area contributed by atoms with Gasteiger partial charge in [-0.15, -0.1) is 0 Å². The van der Waals surface area contributed by atoms with Crippen LogP contribution in [0.25, 0.3) is 11.0 Å². The van der Waals surface area contributed by atoms with Crippen LogP contribution in [0.4, 0.5) is 0 Å². The molecule has 1 aromatic carbocycles. The maximum atomic E-state index is 12.3. The Morgan fingerprint density at radius 3 is 2.79 bits per heavy atom. The molecule has 2 aromatic rings. The second-order valence-corrected chi connectivity index (χ2v) is 7.34. The number of benzene rings is 1. The predicted octanol–water partition coefficient (Wildman–Crippen LogP) is 2.90. The minimum absolute atomic E-state index is 0.0770. The van der Waals surface area contributed by atoms with E-state index in [-0.39, 0.29) is 23.1 Å². The molecule has 1 saturated carbocycles. The van der Waals surface area contributed by atoms with Gasteiger partial charge in [-0.05, 0) is 30.4 Å². The van der Waals surface area contributed by atoms with Gasteiger partial charge in [0.15, 0.2) is 17.9 Å². The van der Waals surface area contributed by atoms with Crippen LogP contribution in [0.2, 0.25) is 0 Å². The van der Waals surface area contributed by atoms with Gasteiger partial charge < -0.3 is 19.2 Å². The fourth-order valence-corrected chi connectivity index (χ4v) is 3.66. The summed E-state index contributed by atoms with van der Waals surface area (Å²) in [6.07, 6.45) is 3.14. The molecular weight excluding hydrogens is 362 g/mol. The van der Waals surface area contributed by atoms with Gasteiger partial charge in [0.05, 0.1) is 7.11 Å². The molecule has 7 nitrogen and oxygen atoms in total. The van der Waals surface area contributed by atoms with Crippen molar-refractivity contribution < 1.29 is 23.5 Å². The number of esters is 1. The number of para-hydroxylation sites is 1. The lowest BCUT2D eigenvalue weighted by Crippen LogP contribution is -2.45. The molecule has 7 heteroatoms. The summed E-state index contributed by atoms with van der Waals surface area (Å²) in [7, 11) is 1.46. The first-order valence-corrected chi connectivity index (χ1v) is 9.48. The van der Waals surface area contributed by atoms with E-state index in [1.165, 1.54) is 13.2 Å².